The average Bonchev–Trinajstić information content (AvgIpc) is 2.32. The molecule has 4 heteroatoms. The molecule has 1 heterocycles. The van der Waals surface area contributed by atoms with Crippen molar-refractivity contribution in [2.75, 3.05) is 20.8 Å². The fourth-order valence-electron chi connectivity index (χ4n) is 1.06. The van der Waals surface area contributed by atoms with E-state index < -0.39 is 5.79 Å². The van der Waals surface area contributed by atoms with Crippen LogP contribution in [0.4, 0.5) is 0 Å². The van der Waals surface area contributed by atoms with E-state index in [1.165, 1.54) is 14.2 Å². The molecule has 58 valence electrons. The van der Waals surface area contributed by atoms with E-state index in [2.05, 4.69) is 5.32 Å². The fourth-order valence-corrected chi connectivity index (χ4v) is 1.06. The average molecular weight is 145 g/mol. The van der Waals surface area contributed by atoms with Gasteiger partial charge in [-0.3, -0.25) is 4.79 Å². The second-order valence-corrected chi connectivity index (χ2v) is 2.17. The van der Waals surface area contributed by atoms with Crippen LogP contribution in [0.5, 0.6) is 0 Å². The molecule has 0 aromatic carbocycles. The van der Waals surface area contributed by atoms with Crippen LogP contribution in [0.3, 0.4) is 0 Å². The van der Waals surface area contributed by atoms with Crippen molar-refractivity contribution in [1.82, 2.24) is 5.32 Å². The highest BCUT2D eigenvalue weighted by Crippen LogP contribution is 2.20. The molecule has 1 amide bonds. The second-order valence-electron chi connectivity index (χ2n) is 2.17. The molecule has 0 aromatic rings. The Balaban J connectivity index is 2.71. The van der Waals surface area contributed by atoms with E-state index in [9.17, 15) is 4.79 Å². The van der Waals surface area contributed by atoms with Gasteiger partial charge in [0.15, 0.2) is 0 Å². The van der Waals surface area contributed by atoms with E-state index in [0.717, 1.165) is 0 Å². The SMILES string of the molecule is COC1(OC)CCNC1=O. The van der Waals surface area contributed by atoms with Gasteiger partial charge >= 0.3 is 0 Å². The molecule has 1 rings (SSSR count). The van der Waals surface area contributed by atoms with Crippen LogP contribution in [-0.2, 0) is 14.3 Å². The Kier molecular flexibility index (Phi) is 1.92. The van der Waals surface area contributed by atoms with Gasteiger partial charge in [-0.05, 0) is 0 Å². The second kappa shape index (κ2) is 2.56. The summed E-state index contributed by atoms with van der Waals surface area (Å²) in [5, 5.41) is 2.62. The number of ether oxygens (including phenoxy) is 2. The molecule has 1 N–H and O–H groups in total. The van der Waals surface area contributed by atoms with E-state index in [0.29, 0.717) is 13.0 Å². The molecular formula is C6H11NO3. The zero-order valence-corrected chi connectivity index (χ0v) is 6.14. The number of methoxy groups -OCH3 is 2. The van der Waals surface area contributed by atoms with Crippen molar-refractivity contribution in [2.24, 2.45) is 0 Å². The lowest BCUT2D eigenvalue weighted by atomic mass is 10.2. The third-order valence-corrected chi connectivity index (χ3v) is 1.75. The molecular weight excluding hydrogens is 134 g/mol. The van der Waals surface area contributed by atoms with Crippen molar-refractivity contribution in [3.8, 4) is 0 Å². The number of hydrogen-bond acceptors (Lipinski definition) is 3. The van der Waals surface area contributed by atoms with Gasteiger partial charge in [0.25, 0.3) is 11.7 Å². The highest BCUT2D eigenvalue weighted by molar-refractivity contribution is 5.85. The predicted octanol–water partition coefficient (Wildman–Crippen LogP) is -0.505. The van der Waals surface area contributed by atoms with Crippen LogP contribution in [0.1, 0.15) is 6.42 Å². The molecule has 1 saturated heterocycles. The third-order valence-electron chi connectivity index (χ3n) is 1.75. The number of rotatable bonds is 2. The third kappa shape index (κ3) is 0.892. The minimum atomic E-state index is -1.01. The Bertz CT molecular complexity index is 142. The van der Waals surface area contributed by atoms with Gasteiger partial charge in [0.1, 0.15) is 0 Å². The van der Waals surface area contributed by atoms with E-state index in [4.69, 9.17) is 9.47 Å². The van der Waals surface area contributed by atoms with Gasteiger partial charge in [-0.1, -0.05) is 0 Å². The van der Waals surface area contributed by atoms with Crippen LogP contribution in [0, 0.1) is 0 Å². The molecule has 4 nitrogen and oxygen atoms in total. The van der Waals surface area contributed by atoms with Crippen LogP contribution < -0.4 is 5.32 Å². The monoisotopic (exact) mass is 145 g/mol. The zero-order chi connectivity index (χ0) is 7.61. The standard InChI is InChI=1S/C6H11NO3/c1-9-6(10-2)3-4-7-5(6)8/h3-4H2,1-2H3,(H,7,8). The Labute approximate surface area is 59.5 Å². The van der Waals surface area contributed by atoms with Crippen molar-refractivity contribution in [3.05, 3.63) is 0 Å². The summed E-state index contributed by atoms with van der Waals surface area (Å²) in [4.78, 5) is 11.0. The topological polar surface area (TPSA) is 47.6 Å². The van der Waals surface area contributed by atoms with Gasteiger partial charge in [-0.25, -0.2) is 0 Å². The lowest BCUT2D eigenvalue weighted by Gasteiger charge is -2.21. The van der Waals surface area contributed by atoms with Crippen molar-refractivity contribution >= 4 is 5.91 Å². The van der Waals surface area contributed by atoms with Crippen LogP contribution in [-0.4, -0.2) is 32.5 Å². The maximum atomic E-state index is 11.0. The van der Waals surface area contributed by atoms with Crippen LogP contribution in [0.2, 0.25) is 0 Å². The van der Waals surface area contributed by atoms with Gasteiger partial charge in [0.2, 0.25) is 0 Å². The van der Waals surface area contributed by atoms with Crippen LogP contribution in [0.15, 0.2) is 0 Å². The molecule has 0 atom stereocenters. The molecule has 0 unspecified atom stereocenters. The molecule has 1 aliphatic heterocycles. The van der Waals surface area contributed by atoms with Gasteiger partial charge in [0.05, 0.1) is 0 Å². The molecule has 0 radical (unpaired) electrons. The minimum absolute atomic E-state index is 0.183. The van der Waals surface area contributed by atoms with E-state index in [-0.39, 0.29) is 5.91 Å². The van der Waals surface area contributed by atoms with E-state index in [1.807, 2.05) is 0 Å². The number of amides is 1. The smallest absolute Gasteiger partial charge is 0.280 e. The Morgan fingerprint density at radius 2 is 2.10 bits per heavy atom. The summed E-state index contributed by atoms with van der Waals surface area (Å²) in [5.41, 5.74) is 0. The maximum absolute atomic E-state index is 11.0. The summed E-state index contributed by atoms with van der Waals surface area (Å²) in [7, 11) is 2.93. The number of carbonyl (C=O) groups is 1. The first-order valence-electron chi connectivity index (χ1n) is 3.14. The summed E-state index contributed by atoms with van der Waals surface area (Å²) < 4.78 is 9.85. The largest absolute Gasteiger partial charge is 0.351 e. The summed E-state index contributed by atoms with van der Waals surface area (Å²) in [5.74, 6) is -1.20. The van der Waals surface area contributed by atoms with Gasteiger partial charge in [-0.2, -0.15) is 0 Å². The Morgan fingerprint density at radius 3 is 2.30 bits per heavy atom. The number of hydrogen-bond donors (Lipinski definition) is 1. The maximum Gasteiger partial charge on any atom is 0.280 e. The number of carbonyl (C=O) groups excluding carboxylic acids is 1. The normalized spacial score (nSPS) is 22.8. The first kappa shape index (κ1) is 7.50. The highest BCUT2D eigenvalue weighted by Gasteiger charge is 2.42. The molecule has 0 saturated carbocycles. The van der Waals surface area contributed by atoms with Crippen molar-refractivity contribution < 1.29 is 14.3 Å². The molecule has 0 aliphatic carbocycles. The molecule has 1 fully saturated rings. The number of nitrogens with one attached hydrogen (secondary N) is 1. The van der Waals surface area contributed by atoms with Gasteiger partial charge in [-0.15, -0.1) is 0 Å². The molecule has 1 aliphatic rings. The lowest BCUT2D eigenvalue weighted by molar-refractivity contribution is -0.201. The Morgan fingerprint density at radius 1 is 1.50 bits per heavy atom. The minimum Gasteiger partial charge on any atom is -0.351 e. The summed E-state index contributed by atoms with van der Waals surface area (Å²) in [6.45, 7) is 0.626. The van der Waals surface area contributed by atoms with Crippen molar-refractivity contribution in [1.29, 1.82) is 0 Å². The lowest BCUT2D eigenvalue weighted by Crippen LogP contribution is -2.41. The first-order valence-corrected chi connectivity index (χ1v) is 3.14. The summed E-state index contributed by atoms with van der Waals surface area (Å²) in [6, 6.07) is 0. The van der Waals surface area contributed by atoms with Gasteiger partial charge in [0, 0.05) is 27.2 Å². The molecule has 0 bridgehead atoms. The molecule has 10 heavy (non-hydrogen) atoms. The van der Waals surface area contributed by atoms with E-state index >= 15 is 0 Å². The molecule has 0 spiro atoms. The van der Waals surface area contributed by atoms with Crippen LogP contribution in [0.25, 0.3) is 0 Å². The van der Waals surface area contributed by atoms with Gasteiger partial charge < -0.3 is 14.8 Å². The quantitative estimate of drug-likeness (QED) is 0.533. The summed E-state index contributed by atoms with van der Waals surface area (Å²) >= 11 is 0. The van der Waals surface area contributed by atoms with Crippen LogP contribution >= 0.6 is 0 Å². The zero-order valence-electron chi connectivity index (χ0n) is 6.14. The van der Waals surface area contributed by atoms with Crippen molar-refractivity contribution in [2.45, 2.75) is 12.2 Å². The molecule has 0 aromatic heterocycles. The van der Waals surface area contributed by atoms with E-state index in [1.54, 1.807) is 0 Å². The highest BCUT2D eigenvalue weighted by atomic mass is 16.7. The first-order chi connectivity index (χ1) is 4.75. The van der Waals surface area contributed by atoms with Crippen molar-refractivity contribution in [3.63, 3.8) is 0 Å². The Hall–Kier alpha value is -0.610. The summed E-state index contributed by atoms with van der Waals surface area (Å²) in [6.07, 6.45) is 0.582. The fraction of sp³-hybridized carbons (Fsp3) is 0.833. The predicted molar refractivity (Wildman–Crippen MR) is 34.4 cm³/mol.